The monoisotopic (exact) mass is 348 g/mol. The first kappa shape index (κ1) is 18.3. The van der Waals surface area contributed by atoms with E-state index in [2.05, 4.69) is 24.1 Å². The molecule has 0 saturated heterocycles. The van der Waals surface area contributed by atoms with Crippen LogP contribution in [0.1, 0.15) is 45.7 Å². The molecule has 1 N–H and O–H groups in total. The van der Waals surface area contributed by atoms with Gasteiger partial charge in [0.2, 0.25) is 0 Å². The normalized spacial score (nSPS) is 10.8. The summed E-state index contributed by atoms with van der Waals surface area (Å²) in [4.78, 5) is 17.5. The number of aryl methyl sites for hydroxylation is 1. The van der Waals surface area contributed by atoms with E-state index in [1.807, 2.05) is 25.1 Å². The highest BCUT2D eigenvalue weighted by atomic mass is 32.1. The maximum atomic E-state index is 12.3. The Morgan fingerprint density at radius 1 is 1.25 bits per heavy atom. The molecule has 0 aliphatic carbocycles. The summed E-state index contributed by atoms with van der Waals surface area (Å²) >= 11 is 1.47. The molecule has 0 aliphatic heterocycles. The lowest BCUT2D eigenvalue weighted by molar-refractivity contribution is 0.0957. The van der Waals surface area contributed by atoms with Crippen molar-refractivity contribution >= 4 is 17.2 Å². The van der Waals surface area contributed by atoms with E-state index in [1.54, 1.807) is 14.2 Å². The molecule has 0 unspecified atom stereocenters. The van der Waals surface area contributed by atoms with E-state index in [0.717, 1.165) is 22.7 Å². The zero-order valence-electron chi connectivity index (χ0n) is 14.8. The van der Waals surface area contributed by atoms with E-state index in [9.17, 15) is 4.79 Å². The first-order valence-corrected chi connectivity index (χ1v) is 8.74. The Bertz CT molecular complexity index is 710. The fraction of sp³-hybridized carbons (Fsp3) is 0.444. The van der Waals surface area contributed by atoms with E-state index >= 15 is 0 Å². The van der Waals surface area contributed by atoms with Gasteiger partial charge in [-0.2, -0.15) is 0 Å². The molecule has 1 aromatic heterocycles. The number of nitrogens with zero attached hydrogens (tertiary/aromatic N) is 1. The number of aromatic nitrogens is 1. The summed E-state index contributed by atoms with van der Waals surface area (Å²) in [6.45, 7) is 6.60. The van der Waals surface area contributed by atoms with E-state index < -0.39 is 0 Å². The number of nitrogens with one attached hydrogen (secondary N) is 1. The standard InChI is InChI=1S/C18H24N2O3S/c1-11(2)18-20-12(3)16(24-18)17(21)19-9-8-13-6-7-14(22-4)15(10-13)23-5/h6-7,10-11H,8-9H2,1-5H3,(H,19,21). The number of rotatable bonds is 7. The Labute approximate surface area is 147 Å². The second-order valence-electron chi connectivity index (χ2n) is 5.82. The lowest BCUT2D eigenvalue weighted by Crippen LogP contribution is -2.25. The van der Waals surface area contributed by atoms with Crippen LogP contribution in [0.3, 0.4) is 0 Å². The van der Waals surface area contributed by atoms with Gasteiger partial charge in [-0.1, -0.05) is 19.9 Å². The Hall–Kier alpha value is -2.08. The van der Waals surface area contributed by atoms with E-state index in [1.165, 1.54) is 11.3 Å². The first-order chi connectivity index (χ1) is 11.5. The summed E-state index contributed by atoms with van der Waals surface area (Å²) in [5.74, 6) is 1.67. The molecule has 6 heteroatoms. The molecule has 1 aromatic carbocycles. The van der Waals surface area contributed by atoms with Crippen molar-refractivity contribution in [1.82, 2.24) is 10.3 Å². The Kier molecular flexibility index (Phi) is 6.20. The fourth-order valence-electron chi connectivity index (χ4n) is 2.31. The summed E-state index contributed by atoms with van der Waals surface area (Å²) in [5.41, 5.74) is 1.88. The molecule has 0 saturated carbocycles. The van der Waals surface area contributed by atoms with Gasteiger partial charge in [0, 0.05) is 12.5 Å². The van der Waals surface area contributed by atoms with Crippen molar-refractivity contribution in [1.29, 1.82) is 0 Å². The van der Waals surface area contributed by atoms with Crippen molar-refractivity contribution in [3.63, 3.8) is 0 Å². The van der Waals surface area contributed by atoms with Crippen molar-refractivity contribution in [2.75, 3.05) is 20.8 Å². The van der Waals surface area contributed by atoms with Crippen molar-refractivity contribution in [3.05, 3.63) is 39.3 Å². The van der Waals surface area contributed by atoms with Crippen LogP contribution in [0.4, 0.5) is 0 Å². The summed E-state index contributed by atoms with van der Waals surface area (Å²) in [6, 6.07) is 5.78. The molecule has 2 aromatic rings. The number of hydrogen-bond acceptors (Lipinski definition) is 5. The number of methoxy groups -OCH3 is 2. The highest BCUT2D eigenvalue weighted by molar-refractivity contribution is 7.13. The van der Waals surface area contributed by atoms with Crippen LogP contribution in [0.25, 0.3) is 0 Å². The average molecular weight is 348 g/mol. The quantitative estimate of drug-likeness (QED) is 0.831. The summed E-state index contributed by atoms with van der Waals surface area (Å²) in [6.07, 6.45) is 0.723. The third-order valence-electron chi connectivity index (χ3n) is 3.66. The lowest BCUT2D eigenvalue weighted by Gasteiger charge is -2.10. The predicted molar refractivity (Wildman–Crippen MR) is 96.5 cm³/mol. The molecular weight excluding hydrogens is 324 g/mol. The molecule has 0 aliphatic rings. The van der Waals surface area contributed by atoms with Gasteiger partial charge >= 0.3 is 0 Å². The van der Waals surface area contributed by atoms with Gasteiger partial charge in [0.15, 0.2) is 11.5 Å². The van der Waals surface area contributed by atoms with E-state index in [0.29, 0.717) is 28.8 Å². The first-order valence-electron chi connectivity index (χ1n) is 7.92. The van der Waals surface area contributed by atoms with Crippen molar-refractivity contribution in [2.24, 2.45) is 0 Å². The minimum absolute atomic E-state index is 0.0580. The minimum Gasteiger partial charge on any atom is -0.493 e. The van der Waals surface area contributed by atoms with Crippen LogP contribution in [-0.2, 0) is 6.42 Å². The van der Waals surface area contributed by atoms with Crippen LogP contribution in [0.5, 0.6) is 11.5 Å². The maximum absolute atomic E-state index is 12.3. The van der Waals surface area contributed by atoms with Crippen LogP contribution in [0.2, 0.25) is 0 Å². The molecule has 0 bridgehead atoms. The number of benzene rings is 1. The molecule has 130 valence electrons. The van der Waals surface area contributed by atoms with Crippen molar-refractivity contribution in [3.8, 4) is 11.5 Å². The fourth-order valence-corrected chi connectivity index (χ4v) is 3.30. The molecule has 0 atom stereocenters. The number of amides is 1. The molecule has 2 rings (SSSR count). The van der Waals surface area contributed by atoms with Gasteiger partial charge < -0.3 is 14.8 Å². The summed E-state index contributed by atoms with van der Waals surface area (Å²) in [5, 5.41) is 3.96. The summed E-state index contributed by atoms with van der Waals surface area (Å²) < 4.78 is 10.5. The van der Waals surface area contributed by atoms with Crippen molar-refractivity contribution < 1.29 is 14.3 Å². The second-order valence-corrected chi connectivity index (χ2v) is 6.85. The topological polar surface area (TPSA) is 60.5 Å². The molecular formula is C18H24N2O3S. The van der Waals surface area contributed by atoms with E-state index in [-0.39, 0.29) is 5.91 Å². The smallest absolute Gasteiger partial charge is 0.263 e. The number of thiazole rings is 1. The van der Waals surface area contributed by atoms with Gasteiger partial charge in [-0.15, -0.1) is 11.3 Å². The largest absolute Gasteiger partial charge is 0.493 e. The third kappa shape index (κ3) is 4.26. The highest BCUT2D eigenvalue weighted by Crippen LogP contribution is 2.27. The van der Waals surface area contributed by atoms with E-state index in [4.69, 9.17) is 9.47 Å². The van der Waals surface area contributed by atoms with Gasteiger partial charge in [-0.3, -0.25) is 4.79 Å². The number of carbonyl (C=O) groups excluding carboxylic acids is 1. The van der Waals surface area contributed by atoms with Gasteiger partial charge in [0.25, 0.3) is 5.91 Å². The van der Waals surface area contributed by atoms with Gasteiger partial charge in [0.05, 0.1) is 24.9 Å². The Morgan fingerprint density at radius 2 is 1.96 bits per heavy atom. The van der Waals surface area contributed by atoms with Crippen LogP contribution in [-0.4, -0.2) is 31.7 Å². The number of ether oxygens (including phenoxy) is 2. The molecule has 1 heterocycles. The lowest BCUT2D eigenvalue weighted by atomic mass is 10.1. The zero-order valence-corrected chi connectivity index (χ0v) is 15.6. The second kappa shape index (κ2) is 8.15. The molecule has 5 nitrogen and oxygen atoms in total. The van der Waals surface area contributed by atoms with Crippen LogP contribution in [0, 0.1) is 6.92 Å². The van der Waals surface area contributed by atoms with Gasteiger partial charge in [0.1, 0.15) is 4.88 Å². The highest BCUT2D eigenvalue weighted by Gasteiger charge is 2.16. The maximum Gasteiger partial charge on any atom is 0.263 e. The van der Waals surface area contributed by atoms with Crippen LogP contribution in [0.15, 0.2) is 18.2 Å². The Morgan fingerprint density at radius 3 is 2.54 bits per heavy atom. The third-order valence-corrected chi connectivity index (χ3v) is 5.12. The minimum atomic E-state index is -0.0580. The molecule has 0 radical (unpaired) electrons. The summed E-state index contributed by atoms with van der Waals surface area (Å²) in [7, 11) is 3.23. The SMILES string of the molecule is COc1ccc(CCNC(=O)c2sc(C(C)C)nc2C)cc1OC. The number of carbonyl (C=O) groups is 1. The molecule has 0 spiro atoms. The molecule has 1 amide bonds. The van der Waals surface area contributed by atoms with Crippen LogP contribution < -0.4 is 14.8 Å². The predicted octanol–water partition coefficient (Wildman–Crippen LogP) is 3.56. The molecule has 0 fully saturated rings. The average Bonchev–Trinajstić information content (AvgIpc) is 2.96. The zero-order chi connectivity index (χ0) is 17.7. The molecule has 24 heavy (non-hydrogen) atoms. The van der Waals surface area contributed by atoms with Crippen LogP contribution >= 0.6 is 11.3 Å². The van der Waals surface area contributed by atoms with Gasteiger partial charge in [-0.05, 0) is 31.0 Å². The van der Waals surface area contributed by atoms with Crippen molar-refractivity contribution in [2.45, 2.75) is 33.1 Å². The number of hydrogen-bond donors (Lipinski definition) is 1. The van der Waals surface area contributed by atoms with Gasteiger partial charge in [-0.25, -0.2) is 4.98 Å². The Balaban J connectivity index is 1.95.